The summed E-state index contributed by atoms with van der Waals surface area (Å²) >= 11 is 0. The molecule has 25 heavy (non-hydrogen) atoms. The van der Waals surface area contributed by atoms with Crippen molar-refractivity contribution >= 4 is 61.2 Å². The SMILES string of the molecule is Nc1ccc(CCc2ccc(N)cc2S(=O)(=O)O)c(S(=O)(=O)O)c1.[Na]. The number of anilines is 2. The second-order valence-electron chi connectivity index (χ2n) is 5.18. The van der Waals surface area contributed by atoms with E-state index in [1.807, 2.05) is 0 Å². The van der Waals surface area contributed by atoms with Crippen LogP contribution < -0.4 is 11.5 Å². The molecule has 11 heteroatoms. The summed E-state index contributed by atoms with van der Waals surface area (Å²) in [6, 6.07) is 8.05. The van der Waals surface area contributed by atoms with E-state index in [0.29, 0.717) is 0 Å². The minimum Gasteiger partial charge on any atom is -0.399 e. The fraction of sp³-hybridized carbons (Fsp3) is 0.143. The summed E-state index contributed by atoms with van der Waals surface area (Å²) in [5.41, 5.74) is 11.9. The smallest absolute Gasteiger partial charge is 0.294 e. The molecular formula is C14H16N2NaO6S2. The van der Waals surface area contributed by atoms with Crippen LogP contribution in [-0.4, -0.2) is 55.5 Å². The molecule has 131 valence electrons. The van der Waals surface area contributed by atoms with Gasteiger partial charge in [-0.1, -0.05) is 12.1 Å². The Kier molecular flexibility index (Phi) is 7.04. The molecule has 1 radical (unpaired) electrons. The van der Waals surface area contributed by atoms with Gasteiger partial charge in [0.25, 0.3) is 20.2 Å². The maximum Gasteiger partial charge on any atom is 0.294 e. The standard InChI is InChI=1S/C14H16N2O6S2.Na/c15-11-5-3-9(13(7-11)23(17,18)19)1-2-10-4-6-12(16)8-14(10)24(20,21)22;/h3-8H,1-2,15-16H2,(H,17,18,19)(H,20,21,22);. The van der Waals surface area contributed by atoms with Gasteiger partial charge >= 0.3 is 0 Å². The number of benzene rings is 2. The maximum absolute atomic E-state index is 11.4. The van der Waals surface area contributed by atoms with E-state index in [-0.39, 0.29) is 74.7 Å². The molecule has 0 aliphatic heterocycles. The number of rotatable bonds is 5. The summed E-state index contributed by atoms with van der Waals surface area (Å²) in [7, 11) is -8.95. The van der Waals surface area contributed by atoms with Crippen LogP contribution in [0.4, 0.5) is 11.4 Å². The Hall–Kier alpha value is -1.14. The normalized spacial score (nSPS) is 11.8. The van der Waals surface area contributed by atoms with Crippen LogP contribution >= 0.6 is 0 Å². The molecule has 8 nitrogen and oxygen atoms in total. The topological polar surface area (TPSA) is 161 Å². The Bertz CT molecular complexity index is 909. The predicted molar refractivity (Wildman–Crippen MR) is 94.5 cm³/mol. The molecule has 0 unspecified atom stereocenters. The molecule has 0 saturated heterocycles. The summed E-state index contributed by atoms with van der Waals surface area (Å²) in [6.45, 7) is 0. The summed E-state index contributed by atoms with van der Waals surface area (Å²) in [5.74, 6) is 0. The largest absolute Gasteiger partial charge is 0.399 e. The first kappa shape index (κ1) is 21.9. The van der Waals surface area contributed by atoms with Crippen molar-refractivity contribution in [3.8, 4) is 0 Å². The van der Waals surface area contributed by atoms with Gasteiger partial charge in [-0.2, -0.15) is 16.8 Å². The zero-order valence-electron chi connectivity index (χ0n) is 13.4. The quantitative estimate of drug-likeness (QED) is 0.328. The Morgan fingerprint density at radius 2 is 1.04 bits per heavy atom. The molecule has 0 aliphatic carbocycles. The van der Waals surface area contributed by atoms with Crippen molar-refractivity contribution < 1.29 is 25.9 Å². The van der Waals surface area contributed by atoms with E-state index in [4.69, 9.17) is 11.5 Å². The van der Waals surface area contributed by atoms with Crippen LogP contribution in [-0.2, 0) is 33.1 Å². The minimum absolute atomic E-state index is 0. The second-order valence-corrected chi connectivity index (χ2v) is 7.96. The first-order chi connectivity index (χ1) is 11.0. The molecule has 0 aromatic heterocycles. The molecule has 0 saturated carbocycles. The zero-order chi connectivity index (χ0) is 18.1. The number of nitrogen functional groups attached to an aromatic ring is 2. The Labute approximate surface area is 168 Å². The maximum atomic E-state index is 11.4. The average molecular weight is 395 g/mol. The number of hydrogen-bond donors (Lipinski definition) is 4. The van der Waals surface area contributed by atoms with Gasteiger partial charge in [-0.15, -0.1) is 0 Å². The molecule has 2 rings (SSSR count). The van der Waals surface area contributed by atoms with E-state index in [1.165, 1.54) is 24.3 Å². The van der Waals surface area contributed by atoms with Gasteiger partial charge in [0.15, 0.2) is 0 Å². The second kappa shape index (κ2) is 8.04. The van der Waals surface area contributed by atoms with Gasteiger partial charge in [0.1, 0.15) is 0 Å². The molecule has 0 aliphatic rings. The Morgan fingerprint density at radius 3 is 1.32 bits per heavy atom. The van der Waals surface area contributed by atoms with E-state index in [2.05, 4.69) is 0 Å². The van der Waals surface area contributed by atoms with Crippen molar-refractivity contribution in [3.63, 3.8) is 0 Å². The molecular weight excluding hydrogens is 379 g/mol. The van der Waals surface area contributed by atoms with Crippen LogP contribution in [0.15, 0.2) is 46.2 Å². The molecule has 0 fully saturated rings. The average Bonchev–Trinajstić information content (AvgIpc) is 2.45. The van der Waals surface area contributed by atoms with Gasteiger partial charge in [0, 0.05) is 40.9 Å². The van der Waals surface area contributed by atoms with E-state index in [9.17, 15) is 25.9 Å². The van der Waals surface area contributed by atoms with Gasteiger partial charge in [0.2, 0.25) is 0 Å². The number of aryl methyl sites for hydroxylation is 2. The molecule has 0 amide bonds. The van der Waals surface area contributed by atoms with Crippen molar-refractivity contribution in [2.75, 3.05) is 11.5 Å². The van der Waals surface area contributed by atoms with Gasteiger partial charge < -0.3 is 11.5 Å². The van der Waals surface area contributed by atoms with Crippen LogP contribution in [0.25, 0.3) is 0 Å². The summed E-state index contributed by atoms with van der Waals surface area (Å²) in [5, 5.41) is 0. The molecule has 0 bridgehead atoms. The fourth-order valence-corrected chi connectivity index (χ4v) is 3.88. The Morgan fingerprint density at radius 1 is 0.720 bits per heavy atom. The van der Waals surface area contributed by atoms with Crippen molar-refractivity contribution in [3.05, 3.63) is 47.5 Å². The summed E-state index contributed by atoms with van der Waals surface area (Å²) in [4.78, 5) is -0.683. The van der Waals surface area contributed by atoms with Crippen molar-refractivity contribution in [1.82, 2.24) is 0 Å². The van der Waals surface area contributed by atoms with Gasteiger partial charge in [-0.05, 0) is 48.2 Å². The molecule has 0 atom stereocenters. The van der Waals surface area contributed by atoms with Crippen LogP contribution in [0.3, 0.4) is 0 Å². The van der Waals surface area contributed by atoms with Gasteiger partial charge in [-0.25, -0.2) is 0 Å². The molecule has 0 heterocycles. The number of hydrogen-bond acceptors (Lipinski definition) is 6. The van der Waals surface area contributed by atoms with Crippen LogP contribution in [0, 0.1) is 0 Å². The van der Waals surface area contributed by atoms with Crippen LogP contribution in [0.1, 0.15) is 11.1 Å². The first-order valence-electron chi connectivity index (χ1n) is 6.70. The Balaban J connectivity index is 0.00000312. The van der Waals surface area contributed by atoms with E-state index in [0.717, 1.165) is 12.1 Å². The van der Waals surface area contributed by atoms with Gasteiger partial charge in [-0.3, -0.25) is 9.11 Å². The molecule has 2 aromatic carbocycles. The van der Waals surface area contributed by atoms with Gasteiger partial charge in [0.05, 0.1) is 9.79 Å². The van der Waals surface area contributed by atoms with Crippen molar-refractivity contribution in [1.29, 1.82) is 0 Å². The third-order valence-corrected chi connectivity index (χ3v) is 5.27. The molecule has 6 N–H and O–H groups in total. The third-order valence-electron chi connectivity index (χ3n) is 3.40. The zero-order valence-corrected chi connectivity index (χ0v) is 17.0. The first-order valence-corrected chi connectivity index (χ1v) is 9.58. The van der Waals surface area contributed by atoms with E-state index in [1.54, 1.807) is 0 Å². The third kappa shape index (κ3) is 5.68. The summed E-state index contributed by atoms with van der Waals surface area (Å²) < 4.78 is 64.3. The monoisotopic (exact) mass is 395 g/mol. The molecule has 0 spiro atoms. The fourth-order valence-electron chi connectivity index (χ4n) is 2.30. The van der Waals surface area contributed by atoms with E-state index >= 15 is 0 Å². The van der Waals surface area contributed by atoms with Crippen LogP contribution in [0.2, 0.25) is 0 Å². The minimum atomic E-state index is -4.47. The number of nitrogens with two attached hydrogens (primary N) is 2. The van der Waals surface area contributed by atoms with Crippen molar-refractivity contribution in [2.24, 2.45) is 0 Å². The van der Waals surface area contributed by atoms with Crippen molar-refractivity contribution in [2.45, 2.75) is 22.6 Å². The summed E-state index contributed by atoms with van der Waals surface area (Å²) in [6.07, 6.45) is 0.198. The van der Waals surface area contributed by atoms with E-state index < -0.39 is 20.2 Å². The predicted octanol–water partition coefficient (Wildman–Crippen LogP) is 0.749. The molecule has 2 aromatic rings. The van der Waals surface area contributed by atoms with Crippen LogP contribution in [0.5, 0.6) is 0 Å².